The first-order valence-corrected chi connectivity index (χ1v) is 6.86. The topological polar surface area (TPSA) is 24.1 Å². The highest BCUT2D eigenvalue weighted by Gasteiger charge is 2.23. The molecule has 1 heterocycles. The number of hydrogen-bond acceptors (Lipinski definition) is 2. The van der Waals surface area contributed by atoms with Gasteiger partial charge < -0.3 is 9.96 Å². The average molecular weight is 179 g/mol. The van der Waals surface area contributed by atoms with Crippen LogP contribution in [0.5, 0.6) is 0 Å². The van der Waals surface area contributed by atoms with Crippen molar-refractivity contribution >= 4 is 22.3 Å². The molecule has 4 heteroatoms. The van der Waals surface area contributed by atoms with E-state index < -0.39 is 7.02 Å². The largest absolute Gasteiger partial charge is 0.391 e. The Morgan fingerprint density at radius 1 is 1.43 bits per heavy atom. The molecular formula is C3H7BrN2Si. The molecule has 1 aliphatic rings. The Balaban J connectivity index is 2.49. The first-order chi connectivity index (χ1) is 3.21. The summed E-state index contributed by atoms with van der Waals surface area (Å²) in [6.07, 6.45) is 3.84. The van der Waals surface area contributed by atoms with Crippen LogP contribution in [0.25, 0.3) is 0 Å². The van der Waals surface area contributed by atoms with E-state index in [-0.39, 0.29) is 0 Å². The summed E-state index contributed by atoms with van der Waals surface area (Å²) in [5.41, 5.74) is 0. The van der Waals surface area contributed by atoms with Gasteiger partial charge in [0.1, 0.15) is 0 Å². The van der Waals surface area contributed by atoms with Crippen LogP contribution in [0.2, 0.25) is 6.55 Å². The summed E-state index contributed by atoms with van der Waals surface area (Å²) in [6.45, 7) is 2.13. The molecular weight excluding hydrogens is 172 g/mol. The van der Waals surface area contributed by atoms with Crippen molar-refractivity contribution in [2.45, 2.75) is 6.55 Å². The maximum absolute atomic E-state index is 3.50. The first kappa shape index (κ1) is 5.18. The minimum absolute atomic E-state index is 1.34. The summed E-state index contributed by atoms with van der Waals surface area (Å²) in [4.78, 5) is 6.32. The Labute approximate surface area is 51.7 Å². The molecule has 40 valence electrons. The first-order valence-electron chi connectivity index (χ1n) is 2.10. The van der Waals surface area contributed by atoms with Crippen molar-refractivity contribution in [1.29, 1.82) is 0 Å². The molecule has 2 N–H and O–H groups in total. The lowest BCUT2D eigenvalue weighted by atomic mass is 11.0. The fraction of sp³-hybridized carbons (Fsp3) is 0.333. The summed E-state index contributed by atoms with van der Waals surface area (Å²) < 4.78 is 0. The number of halogens is 1. The van der Waals surface area contributed by atoms with Crippen molar-refractivity contribution in [2.75, 3.05) is 0 Å². The molecule has 0 aromatic rings. The highest BCUT2D eigenvalue weighted by atomic mass is 79.9. The lowest BCUT2D eigenvalue weighted by Gasteiger charge is -2.11. The second-order valence-corrected chi connectivity index (χ2v) is 8.97. The third-order valence-corrected chi connectivity index (χ3v) is 3.58. The molecule has 0 unspecified atom stereocenters. The Morgan fingerprint density at radius 2 is 1.86 bits per heavy atom. The van der Waals surface area contributed by atoms with Crippen molar-refractivity contribution in [3.63, 3.8) is 0 Å². The van der Waals surface area contributed by atoms with Gasteiger partial charge in [0.2, 0.25) is 0 Å². The molecule has 7 heavy (non-hydrogen) atoms. The van der Waals surface area contributed by atoms with Crippen LogP contribution in [0.1, 0.15) is 0 Å². The van der Waals surface area contributed by atoms with Gasteiger partial charge >= 0.3 is 7.02 Å². The van der Waals surface area contributed by atoms with Gasteiger partial charge in [-0.2, -0.15) is 0 Å². The molecule has 0 radical (unpaired) electrons. The molecule has 0 fully saturated rings. The molecule has 1 aliphatic heterocycles. The Hall–Kier alpha value is 0.0369. The van der Waals surface area contributed by atoms with E-state index in [0.717, 1.165) is 0 Å². The highest BCUT2D eigenvalue weighted by molar-refractivity contribution is 9.25. The minimum atomic E-state index is -1.34. The normalized spacial score (nSPS) is 23.7. The molecule has 2 nitrogen and oxygen atoms in total. The molecule has 0 aromatic heterocycles. The van der Waals surface area contributed by atoms with E-state index in [1.54, 1.807) is 0 Å². The van der Waals surface area contributed by atoms with E-state index in [1.165, 1.54) is 0 Å². The minimum Gasteiger partial charge on any atom is -0.391 e. The SMILES string of the molecule is C[Si]1(Br)NC=CN1. The van der Waals surface area contributed by atoms with E-state index >= 15 is 0 Å². The van der Waals surface area contributed by atoms with E-state index in [4.69, 9.17) is 0 Å². The van der Waals surface area contributed by atoms with Gasteiger partial charge in [-0.1, -0.05) is 15.3 Å². The third kappa shape index (κ3) is 1.20. The van der Waals surface area contributed by atoms with Crippen molar-refractivity contribution in [3.8, 4) is 0 Å². The van der Waals surface area contributed by atoms with Gasteiger partial charge in [0, 0.05) is 12.4 Å². The summed E-state index contributed by atoms with van der Waals surface area (Å²) in [5.74, 6) is 0. The van der Waals surface area contributed by atoms with Gasteiger partial charge in [-0.05, 0) is 6.55 Å². The molecule has 0 aliphatic carbocycles. The van der Waals surface area contributed by atoms with Crippen molar-refractivity contribution < 1.29 is 0 Å². The van der Waals surface area contributed by atoms with Crippen molar-refractivity contribution in [1.82, 2.24) is 9.96 Å². The zero-order valence-electron chi connectivity index (χ0n) is 4.03. The zero-order valence-corrected chi connectivity index (χ0v) is 6.62. The van der Waals surface area contributed by atoms with Crippen LogP contribution in [-0.4, -0.2) is 7.02 Å². The van der Waals surface area contributed by atoms with E-state index in [2.05, 4.69) is 31.8 Å². The average Bonchev–Trinajstić information content (AvgIpc) is 1.84. The third-order valence-electron chi connectivity index (χ3n) is 0.792. The molecule has 0 bridgehead atoms. The highest BCUT2D eigenvalue weighted by Crippen LogP contribution is 2.05. The molecule has 0 spiro atoms. The van der Waals surface area contributed by atoms with E-state index in [0.29, 0.717) is 0 Å². The Bertz CT molecular complexity index is 91.1. The van der Waals surface area contributed by atoms with Crippen LogP contribution in [0.3, 0.4) is 0 Å². The fourth-order valence-corrected chi connectivity index (χ4v) is 2.11. The summed E-state index contributed by atoms with van der Waals surface area (Å²) >= 11 is 3.50. The smallest absolute Gasteiger partial charge is 0.329 e. The van der Waals surface area contributed by atoms with Gasteiger partial charge in [-0.15, -0.1) is 0 Å². The van der Waals surface area contributed by atoms with Crippen LogP contribution in [-0.2, 0) is 0 Å². The van der Waals surface area contributed by atoms with Crippen molar-refractivity contribution in [3.05, 3.63) is 12.4 Å². The van der Waals surface area contributed by atoms with Crippen LogP contribution in [0.15, 0.2) is 12.4 Å². The van der Waals surface area contributed by atoms with Gasteiger partial charge in [-0.25, -0.2) is 0 Å². The van der Waals surface area contributed by atoms with Gasteiger partial charge in [0.25, 0.3) is 0 Å². The number of nitrogens with one attached hydrogen (secondary N) is 2. The molecule has 0 aromatic carbocycles. The van der Waals surface area contributed by atoms with Crippen molar-refractivity contribution in [2.24, 2.45) is 0 Å². The monoisotopic (exact) mass is 178 g/mol. The molecule has 0 amide bonds. The lowest BCUT2D eigenvalue weighted by molar-refractivity contribution is 1.28. The lowest BCUT2D eigenvalue weighted by Crippen LogP contribution is -2.45. The second kappa shape index (κ2) is 1.52. The standard InChI is InChI=1S/C3H7BrN2Si/c1-7(4)5-2-3-6-7/h2-3,5-6H,1H3. The van der Waals surface area contributed by atoms with Crippen LogP contribution >= 0.6 is 15.3 Å². The quantitative estimate of drug-likeness (QED) is 0.420. The second-order valence-electron chi connectivity index (χ2n) is 1.62. The van der Waals surface area contributed by atoms with Gasteiger partial charge in [0.15, 0.2) is 0 Å². The van der Waals surface area contributed by atoms with Gasteiger partial charge in [0.05, 0.1) is 0 Å². The van der Waals surface area contributed by atoms with Crippen LogP contribution in [0.4, 0.5) is 0 Å². The maximum atomic E-state index is 3.50. The maximum Gasteiger partial charge on any atom is 0.329 e. The molecule has 1 rings (SSSR count). The predicted octanol–water partition coefficient (Wildman–Crippen LogP) is 0.614. The fourth-order valence-electron chi connectivity index (χ4n) is 0.438. The summed E-state index contributed by atoms with van der Waals surface area (Å²) in [6, 6.07) is 0. The predicted molar refractivity (Wildman–Crippen MR) is 36.0 cm³/mol. The van der Waals surface area contributed by atoms with E-state index in [9.17, 15) is 0 Å². The zero-order chi connectivity index (χ0) is 5.33. The number of hydrogen-bond donors (Lipinski definition) is 2. The summed E-state index contributed by atoms with van der Waals surface area (Å²) in [7, 11) is -1.34. The van der Waals surface area contributed by atoms with Crippen LogP contribution in [0, 0.1) is 0 Å². The molecule has 0 saturated carbocycles. The Morgan fingerprint density at radius 3 is 2.00 bits per heavy atom. The molecule has 0 saturated heterocycles. The molecule has 0 atom stereocenters. The summed E-state index contributed by atoms with van der Waals surface area (Å²) in [5, 5.41) is 0. The number of rotatable bonds is 0. The van der Waals surface area contributed by atoms with E-state index in [1.807, 2.05) is 12.4 Å². The van der Waals surface area contributed by atoms with Gasteiger partial charge in [-0.3, -0.25) is 0 Å². The van der Waals surface area contributed by atoms with Crippen LogP contribution < -0.4 is 9.96 Å². The Kier molecular flexibility index (Phi) is 1.12.